The highest BCUT2D eigenvalue weighted by Crippen LogP contribution is 2.34. The molecule has 25 heavy (non-hydrogen) atoms. The van der Waals surface area contributed by atoms with Crippen molar-refractivity contribution in [3.63, 3.8) is 0 Å². The van der Waals surface area contributed by atoms with Gasteiger partial charge in [-0.05, 0) is 36.3 Å². The Labute approximate surface area is 150 Å². The highest BCUT2D eigenvalue weighted by atomic mass is 32.1. The van der Waals surface area contributed by atoms with Gasteiger partial charge in [0.2, 0.25) is 11.8 Å². The van der Waals surface area contributed by atoms with Gasteiger partial charge in [0.25, 0.3) is 0 Å². The van der Waals surface area contributed by atoms with E-state index in [1.165, 1.54) is 11.3 Å². The Balaban J connectivity index is 1.70. The van der Waals surface area contributed by atoms with Crippen molar-refractivity contribution in [3.05, 3.63) is 35.2 Å². The first kappa shape index (κ1) is 17.6. The van der Waals surface area contributed by atoms with Crippen molar-refractivity contribution in [3.8, 4) is 0 Å². The molecule has 0 saturated carbocycles. The summed E-state index contributed by atoms with van der Waals surface area (Å²) >= 11 is 1.42. The van der Waals surface area contributed by atoms with Crippen LogP contribution >= 0.6 is 11.3 Å². The molecule has 2 N–H and O–H groups in total. The molecular weight excluding hydrogens is 336 g/mol. The van der Waals surface area contributed by atoms with E-state index in [4.69, 9.17) is 0 Å². The van der Waals surface area contributed by atoms with Crippen LogP contribution in [0.4, 0.5) is 0 Å². The summed E-state index contributed by atoms with van der Waals surface area (Å²) in [6.07, 6.45) is 0.967. The van der Waals surface area contributed by atoms with Gasteiger partial charge in [0.15, 0.2) is 5.78 Å². The van der Waals surface area contributed by atoms with E-state index in [1.54, 1.807) is 0 Å². The summed E-state index contributed by atoms with van der Waals surface area (Å²) in [5.41, 5.74) is -1.05. The number of ketones is 1. The Morgan fingerprint density at radius 3 is 2.72 bits per heavy atom. The lowest BCUT2D eigenvalue weighted by Crippen LogP contribution is -2.48. The van der Waals surface area contributed by atoms with Crippen molar-refractivity contribution in [1.29, 1.82) is 0 Å². The van der Waals surface area contributed by atoms with Crippen LogP contribution in [0.1, 0.15) is 36.4 Å². The third-order valence-electron chi connectivity index (χ3n) is 4.57. The Hall–Kier alpha value is -2.21. The number of thiophene rings is 1. The normalized spacial score (nSPS) is 20.0. The Kier molecular flexibility index (Phi) is 4.90. The predicted molar refractivity (Wildman–Crippen MR) is 98.7 cm³/mol. The highest BCUT2D eigenvalue weighted by Gasteiger charge is 2.49. The topological polar surface area (TPSA) is 75.3 Å². The van der Waals surface area contributed by atoms with Gasteiger partial charge in [-0.25, -0.2) is 0 Å². The van der Waals surface area contributed by atoms with Gasteiger partial charge in [0, 0.05) is 11.2 Å². The first-order valence-corrected chi connectivity index (χ1v) is 9.32. The number of benzene rings is 1. The fraction of sp³-hybridized carbons (Fsp3) is 0.421. The quantitative estimate of drug-likeness (QED) is 0.616. The minimum Gasteiger partial charge on any atom is -0.355 e. The van der Waals surface area contributed by atoms with E-state index >= 15 is 0 Å². The Morgan fingerprint density at radius 2 is 2.08 bits per heavy atom. The second-order valence-corrected chi connectivity index (χ2v) is 8.02. The zero-order chi connectivity index (χ0) is 18.0. The summed E-state index contributed by atoms with van der Waals surface area (Å²) in [5.74, 6) is -0.487. The molecule has 5 nitrogen and oxygen atoms in total. The summed E-state index contributed by atoms with van der Waals surface area (Å²) in [5, 5.41) is 6.47. The summed E-state index contributed by atoms with van der Waals surface area (Å²) in [6, 6.07) is 9.64. The van der Waals surface area contributed by atoms with Crippen LogP contribution in [0.15, 0.2) is 30.3 Å². The minimum absolute atomic E-state index is 0.0845. The lowest BCUT2D eigenvalue weighted by atomic mass is 9.77. The van der Waals surface area contributed by atoms with Crippen molar-refractivity contribution in [2.24, 2.45) is 11.3 Å². The van der Waals surface area contributed by atoms with Gasteiger partial charge in [-0.1, -0.05) is 32.0 Å². The number of carbonyl (C=O) groups is 3. The fourth-order valence-corrected chi connectivity index (χ4v) is 4.41. The van der Waals surface area contributed by atoms with Crippen LogP contribution in [-0.2, 0) is 9.59 Å². The maximum atomic E-state index is 12.7. The van der Waals surface area contributed by atoms with Crippen molar-refractivity contribution in [1.82, 2.24) is 10.6 Å². The summed E-state index contributed by atoms with van der Waals surface area (Å²) in [6.45, 7) is 4.40. The van der Waals surface area contributed by atoms with E-state index in [-0.39, 0.29) is 30.1 Å². The molecule has 2 aromatic rings. The van der Waals surface area contributed by atoms with Crippen LogP contribution in [0.3, 0.4) is 0 Å². The monoisotopic (exact) mass is 358 g/mol. The molecule has 1 saturated heterocycles. The van der Waals surface area contributed by atoms with Crippen molar-refractivity contribution in [2.45, 2.75) is 26.7 Å². The van der Waals surface area contributed by atoms with E-state index in [0.717, 1.165) is 10.1 Å². The third-order valence-corrected chi connectivity index (χ3v) is 5.73. The molecule has 0 spiro atoms. The van der Waals surface area contributed by atoms with Gasteiger partial charge < -0.3 is 10.6 Å². The molecule has 1 aliphatic heterocycles. The second-order valence-electron chi connectivity index (χ2n) is 6.94. The van der Waals surface area contributed by atoms with Crippen LogP contribution < -0.4 is 10.6 Å². The number of rotatable bonds is 6. The molecular formula is C19H22N2O3S. The summed E-state index contributed by atoms with van der Waals surface area (Å²) in [7, 11) is 0. The molecule has 1 aromatic carbocycles. The second kappa shape index (κ2) is 6.96. The van der Waals surface area contributed by atoms with Crippen molar-refractivity contribution < 1.29 is 14.4 Å². The highest BCUT2D eigenvalue weighted by molar-refractivity contribution is 7.20. The molecule has 1 aliphatic rings. The molecule has 1 atom stereocenters. The number of carbonyl (C=O) groups excluding carboxylic acids is 3. The summed E-state index contributed by atoms with van der Waals surface area (Å²) < 4.78 is 1.05. The molecule has 1 fully saturated rings. The molecule has 0 aliphatic carbocycles. The molecule has 0 bridgehead atoms. The van der Waals surface area contributed by atoms with Crippen LogP contribution in [0.2, 0.25) is 0 Å². The lowest BCUT2D eigenvalue weighted by molar-refractivity contribution is -0.141. The summed E-state index contributed by atoms with van der Waals surface area (Å²) in [4.78, 5) is 38.0. The number of hydrogen-bond acceptors (Lipinski definition) is 4. The van der Waals surface area contributed by atoms with E-state index in [0.29, 0.717) is 24.3 Å². The van der Waals surface area contributed by atoms with E-state index in [1.807, 2.05) is 44.2 Å². The third kappa shape index (κ3) is 3.44. The molecule has 3 rings (SSSR count). The zero-order valence-corrected chi connectivity index (χ0v) is 15.2. The van der Waals surface area contributed by atoms with E-state index < -0.39 is 5.41 Å². The maximum Gasteiger partial charge on any atom is 0.236 e. The molecule has 6 heteroatoms. The number of Topliss-reactive ketones (excluding diaryl/α,β-unsaturated/α-hetero) is 1. The van der Waals surface area contributed by atoms with E-state index in [9.17, 15) is 14.4 Å². The number of hydrogen-bond donors (Lipinski definition) is 2. The van der Waals surface area contributed by atoms with Crippen molar-refractivity contribution in [2.75, 3.05) is 13.1 Å². The predicted octanol–water partition coefficient (Wildman–Crippen LogP) is 2.75. The number of nitrogens with one attached hydrogen (secondary N) is 2. The molecule has 0 radical (unpaired) electrons. The maximum absolute atomic E-state index is 12.7. The van der Waals surface area contributed by atoms with Crippen LogP contribution in [0.25, 0.3) is 10.1 Å². The van der Waals surface area contributed by atoms with Crippen LogP contribution in [-0.4, -0.2) is 30.7 Å². The fourth-order valence-electron chi connectivity index (χ4n) is 3.41. The van der Waals surface area contributed by atoms with Crippen LogP contribution in [0, 0.1) is 11.3 Å². The average molecular weight is 358 g/mol. The molecule has 1 unspecified atom stereocenters. The molecule has 1 aromatic heterocycles. The zero-order valence-electron chi connectivity index (χ0n) is 14.4. The van der Waals surface area contributed by atoms with E-state index in [2.05, 4.69) is 10.6 Å². The van der Waals surface area contributed by atoms with Gasteiger partial charge >= 0.3 is 0 Å². The SMILES string of the molecule is CC(C)CC1(C(=O)NCC(=O)c2cc3ccccc3s2)CCNC1=O. The number of fused-ring (bicyclic) bond motifs is 1. The lowest BCUT2D eigenvalue weighted by Gasteiger charge is -2.26. The number of amides is 2. The van der Waals surface area contributed by atoms with Gasteiger partial charge in [-0.2, -0.15) is 0 Å². The van der Waals surface area contributed by atoms with Gasteiger partial charge in [0.05, 0.1) is 11.4 Å². The largest absolute Gasteiger partial charge is 0.355 e. The molecule has 132 valence electrons. The molecule has 2 heterocycles. The Bertz CT molecular complexity index is 794. The first-order chi connectivity index (χ1) is 11.9. The smallest absolute Gasteiger partial charge is 0.236 e. The average Bonchev–Trinajstić information content (AvgIpc) is 3.16. The minimum atomic E-state index is -1.05. The van der Waals surface area contributed by atoms with Gasteiger partial charge in [-0.15, -0.1) is 11.3 Å². The van der Waals surface area contributed by atoms with Crippen molar-refractivity contribution >= 4 is 39.0 Å². The molecule has 2 amide bonds. The first-order valence-electron chi connectivity index (χ1n) is 8.51. The standard InChI is InChI=1S/C19H22N2O3S/c1-12(2)10-19(7-8-20-17(19)23)18(24)21-11-14(22)16-9-13-5-3-4-6-15(13)25-16/h3-6,9,12H,7-8,10-11H2,1-2H3,(H,20,23)(H,21,24). The van der Waals surface area contributed by atoms with Gasteiger partial charge in [-0.3, -0.25) is 14.4 Å². The Morgan fingerprint density at radius 1 is 1.32 bits per heavy atom. The van der Waals surface area contributed by atoms with Gasteiger partial charge in [0.1, 0.15) is 5.41 Å². The van der Waals surface area contributed by atoms with Crippen LogP contribution in [0.5, 0.6) is 0 Å².